The summed E-state index contributed by atoms with van der Waals surface area (Å²) in [6.45, 7) is 9.67. The van der Waals surface area contributed by atoms with E-state index in [4.69, 9.17) is 14.5 Å². The molecule has 2 heterocycles. The second-order valence-electron chi connectivity index (χ2n) is 6.90. The highest BCUT2D eigenvalue weighted by atomic mass is 127. The Hall–Kier alpha value is -1.36. The van der Waals surface area contributed by atoms with Crippen molar-refractivity contribution in [2.75, 3.05) is 52.5 Å². The number of rotatable bonds is 10. The minimum atomic E-state index is 0. The Labute approximate surface area is 201 Å². The lowest BCUT2D eigenvalue weighted by molar-refractivity contribution is 0.0322. The van der Waals surface area contributed by atoms with Crippen molar-refractivity contribution < 1.29 is 9.47 Å². The molecule has 30 heavy (non-hydrogen) atoms. The van der Waals surface area contributed by atoms with Crippen LogP contribution in [0.1, 0.15) is 17.4 Å². The molecule has 166 valence electrons. The molecule has 0 atom stereocenters. The molecule has 2 N–H and O–H groups in total. The second kappa shape index (κ2) is 14.6. The van der Waals surface area contributed by atoms with Crippen molar-refractivity contribution >= 4 is 41.3 Å². The summed E-state index contributed by atoms with van der Waals surface area (Å²) in [7, 11) is 0. The molecular formula is C22H33IN4O2S. The van der Waals surface area contributed by atoms with Crippen molar-refractivity contribution in [3.63, 3.8) is 0 Å². The number of hydrogen-bond donors (Lipinski definition) is 2. The molecule has 1 aromatic carbocycles. The minimum absolute atomic E-state index is 0. The largest absolute Gasteiger partial charge is 0.492 e. The van der Waals surface area contributed by atoms with Gasteiger partial charge in [0.05, 0.1) is 19.8 Å². The molecule has 2 aromatic rings. The molecule has 0 amide bonds. The molecule has 0 radical (unpaired) electrons. The average Bonchev–Trinajstić information content (AvgIpc) is 3.27. The van der Waals surface area contributed by atoms with Crippen molar-refractivity contribution in [3.05, 3.63) is 52.2 Å². The maximum atomic E-state index is 5.95. The van der Waals surface area contributed by atoms with Gasteiger partial charge in [0.25, 0.3) is 0 Å². The standard InChI is InChI=1S/C22H32N4O2S.HI/c1-2-23-22(24-9-8-21-7-4-16-29-21)25-18-19-5-3-6-20(17-19)28-15-12-26-10-13-27-14-11-26;/h3-7,16-17H,2,8-15,18H2,1H3,(H2,23,24,25);1H. The predicted octanol–water partition coefficient (Wildman–Crippen LogP) is 3.37. The maximum absolute atomic E-state index is 5.95. The lowest BCUT2D eigenvalue weighted by Gasteiger charge is -2.26. The summed E-state index contributed by atoms with van der Waals surface area (Å²) in [5.41, 5.74) is 1.14. The Balaban J connectivity index is 0.00000320. The zero-order valence-corrected chi connectivity index (χ0v) is 20.8. The number of hydrogen-bond acceptors (Lipinski definition) is 5. The molecule has 8 heteroatoms. The van der Waals surface area contributed by atoms with Gasteiger partial charge in [-0.25, -0.2) is 4.99 Å². The third kappa shape index (κ3) is 9.20. The van der Waals surface area contributed by atoms with E-state index < -0.39 is 0 Å². The van der Waals surface area contributed by atoms with E-state index in [9.17, 15) is 0 Å². The number of guanidine groups is 1. The second-order valence-corrected chi connectivity index (χ2v) is 7.93. The van der Waals surface area contributed by atoms with Crippen LogP contribution in [0, 0.1) is 0 Å². The summed E-state index contributed by atoms with van der Waals surface area (Å²) in [6, 6.07) is 12.5. The van der Waals surface area contributed by atoms with E-state index in [0.29, 0.717) is 13.2 Å². The van der Waals surface area contributed by atoms with E-state index in [1.54, 1.807) is 11.3 Å². The van der Waals surface area contributed by atoms with E-state index >= 15 is 0 Å². The van der Waals surface area contributed by atoms with Gasteiger partial charge in [0, 0.05) is 37.6 Å². The molecule has 1 aliphatic heterocycles. The van der Waals surface area contributed by atoms with Crippen LogP contribution >= 0.6 is 35.3 Å². The van der Waals surface area contributed by atoms with Gasteiger partial charge in [-0.1, -0.05) is 18.2 Å². The molecule has 0 bridgehead atoms. The molecule has 6 nitrogen and oxygen atoms in total. The molecular weight excluding hydrogens is 511 g/mol. The van der Waals surface area contributed by atoms with Gasteiger partial charge in [0.15, 0.2) is 5.96 Å². The molecule has 0 aliphatic carbocycles. The smallest absolute Gasteiger partial charge is 0.191 e. The molecule has 1 aromatic heterocycles. The topological polar surface area (TPSA) is 58.1 Å². The first kappa shape index (κ1) is 24.9. The van der Waals surface area contributed by atoms with Gasteiger partial charge in [0.2, 0.25) is 0 Å². The van der Waals surface area contributed by atoms with Crippen LogP contribution in [-0.2, 0) is 17.7 Å². The highest BCUT2D eigenvalue weighted by Gasteiger charge is 2.09. The monoisotopic (exact) mass is 544 g/mol. The highest BCUT2D eigenvalue weighted by Crippen LogP contribution is 2.14. The van der Waals surface area contributed by atoms with E-state index in [-0.39, 0.29) is 24.0 Å². The van der Waals surface area contributed by atoms with Crippen LogP contribution in [0.4, 0.5) is 0 Å². The molecule has 1 aliphatic rings. The Morgan fingerprint density at radius 1 is 1.20 bits per heavy atom. The Morgan fingerprint density at radius 3 is 2.83 bits per heavy atom. The maximum Gasteiger partial charge on any atom is 0.191 e. The lowest BCUT2D eigenvalue weighted by atomic mass is 10.2. The zero-order chi connectivity index (χ0) is 20.2. The van der Waals surface area contributed by atoms with Crippen LogP contribution in [-0.4, -0.2) is 63.4 Å². The molecule has 1 fully saturated rings. The van der Waals surface area contributed by atoms with Crippen molar-refractivity contribution in [3.8, 4) is 5.75 Å². The number of ether oxygens (including phenoxy) is 2. The number of halogens is 1. The van der Waals surface area contributed by atoms with E-state index in [2.05, 4.69) is 52.1 Å². The van der Waals surface area contributed by atoms with Crippen molar-refractivity contribution in [1.29, 1.82) is 0 Å². The van der Waals surface area contributed by atoms with Crippen LogP contribution in [0.2, 0.25) is 0 Å². The van der Waals surface area contributed by atoms with Crippen LogP contribution in [0.3, 0.4) is 0 Å². The number of benzene rings is 1. The van der Waals surface area contributed by atoms with Gasteiger partial charge in [-0.3, -0.25) is 4.90 Å². The normalized spacial score (nSPS) is 14.8. The summed E-state index contributed by atoms with van der Waals surface area (Å²) >= 11 is 1.79. The number of morpholine rings is 1. The fourth-order valence-corrected chi connectivity index (χ4v) is 3.83. The van der Waals surface area contributed by atoms with Gasteiger partial charge < -0.3 is 20.1 Å². The van der Waals surface area contributed by atoms with Gasteiger partial charge in [0.1, 0.15) is 12.4 Å². The van der Waals surface area contributed by atoms with Crippen LogP contribution in [0.5, 0.6) is 5.75 Å². The number of thiophene rings is 1. The fraction of sp³-hybridized carbons (Fsp3) is 0.500. The first-order chi connectivity index (χ1) is 14.3. The number of nitrogens with zero attached hydrogens (tertiary/aromatic N) is 2. The summed E-state index contributed by atoms with van der Waals surface area (Å²) in [6.07, 6.45) is 1.01. The Morgan fingerprint density at radius 2 is 2.07 bits per heavy atom. The van der Waals surface area contributed by atoms with Gasteiger partial charge in [-0.05, 0) is 42.5 Å². The van der Waals surface area contributed by atoms with Gasteiger partial charge in [-0.2, -0.15) is 0 Å². The zero-order valence-electron chi connectivity index (χ0n) is 17.6. The fourth-order valence-electron chi connectivity index (χ4n) is 3.12. The Bertz CT molecular complexity index is 736. The third-order valence-corrected chi connectivity index (χ3v) is 5.62. The predicted molar refractivity (Wildman–Crippen MR) is 135 cm³/mol. The van der Waals surface area contributed by atoms with Crippen molar-refractivity contribution in [2.24, 2.45) is 4.99 Å². The number of nitrogens with one attached hydrogen (secondary N) is 2. The molecule has 3 rings (SSSR count). The molecule has 0 spiro atoms. The van der Waals surface area contributed by atoms with Gasteiger partial charge in [-0.15, -0.1) is 35.3 Å². The SMILES string of the molecule is CCNC(=NCc1cccc(OCCN2CCOCC2)c1)NCCc1cccs1.I. The molecule has 0 saturated carbocycles. The minimum Gasteiger partial charge on any atom is -0.492 e. The summed E-state index contributed by atoms with van der Waals surface area (Å²) in [5, 5.41) is 8.84. The first-order valence-corrected chi connectivity index (χ1v) is 11.3. The molecule has 0 unspecified atom stereocenters. The Kier molecular flexibility index (Phi) is 12.1. The quantitative estimate of drug-likeness (QED) is 0.273. The average molecular weight is 545 g/mol. The number of aliphatic imine (C=N–C) groups is 1. The van der Waals surface area contributed by atoms with Gasteiger partial charge >= 0.3 is 0 Å². The van der Waals surface area contributed by atoms with Crippen LogP contribution < -0.4 is 15.4 Å². The molecule has 1 saturated heterocycles. The lowest BCUT2D eigenvalue weighted by Crippen LogP contribution is -2.38. The van der Waals surface area contributed by atoms with Crippen molar-refractivity contribution in [2.45, 2.75) is 19.9 Å². The van der Waals surface area contributed by atoms with E-state index in [0.717, 1.165) is 69.6 Å². The third-order valence-electron chi connectivity index (χ3n) is 4.69. The highest BCUT2D eigenvalue weighted by molar-refractivity contribution is 14.0. The summed E-state index contributed by atoms with van der Waals surface area (Å²) < 4.78 is 11.3. The first-order valence-electron chi connectivity index (χ1n) is 10.4. The summed E-state index contributed by atoms with van der Waals surface area (Å²) in [4.78, 5) is 8.48. The summed E-state index contributed by atoms with van der Waals surface area (Å²) in [5.74, 6) is 1.75. The van der Waals surface area contributed by atoms with Crippen LogP contribution in [0.15, 0.2) is 46.8 Å². The van der Waals surface area contributed by atoms with E-state index in [1.807, 2.05) is 12.1 Å². The van der Waals surface area contributed by atoms with E-state index in [1.165, 1.54) is 4.88 Å². The van der Waals surface area contributed by atoms with Crippen LogP contribution in [0.25, 0.3) is 0 Å². The van der Waals surface area contributed by atoms with Crippen molar-refractivity contribution in [1.82, 2.24) is 15.5 Å².